The Bertz CT molecular complexity index is 1340. The minimum absolute atomic E-state index is 0.00777. The molecule has 0 N–H and O–H groups in total. The maximum absolute atomic E-state index is 13.4. The highest BCUT2D eigenvalue weighted by Crippen LogP contribution is 2.37. The summed E-state index contributed by atoms with van der Waals surface area (Å²) in [7, 11) is 3.09. The number of likely N-dealkylation sites (tertiary alicyclic amines) is 1. The molecule has 3 heterocycles. The molecule has 2 aromatic heterocycles. The molecular weight excluding hydrogens is 440 g/mol. The highest BCUT2D eigenvalue weighted by Gasteiger charge is 2.35. The molecule has 10 nitrogen and oxygen atoms in total. The summed E-state index contributed by atoms with van der Waals surface area (Å²) < 4.78 is 19.1. The largest absolute Gasteiger partial charge is 0.493 e. The van der Waals surface area contributed by atoms with Gasteiger partial charge in [-0.3, -0.25) is 9.36 Å². The van der Waals surface area contributed by atoms with Crippen molar-refractivity contribution in [3.05, 3.63) is 56.6 Å². The number of benzene rings is 1. The molecule has 1 aliphatic heterocycles. The Morgan fingerprint density at radius 3 is 2.76 bits per heavy atom. The molecule has 0 bridgehead atoms. The number of methoxy groups -OCH3 is 2. The predicted molar refractivity (Wildman–Crippen MR) is 124 cm³/mol. The van der Waals surface area contributed by atoms with Crippen molar-refractivity contribution in [3.63, 3.8) is 0 Å². The molecule has 1 saturated carbocycles. The Hall–Kier alpha value is -3.40. The van der Waals surface area contributed by atoms with E-state index in [0.717, 1.165) is 31.5 Å². The van der Waals surface area contributed by atoms with Crippen LogP contribution in [0.1, 0.15) is 53.8 Å². The van der Waals surface area contributed by atoms with Gasteiger partial charge in [0.25, 0.3) is 5.91 Å². The molecule has 1 saturated heterocycles. The van der Waals surface area contributed by atoms with E-state index >= 15 is 0 Å². The van der Waals surface area contributed by atoms with Gasteiger partial charge in [0.1, 0.15) is 11.4 Å². The molecule has 1 aromatic carbocycles. The lowest BCUT2D eigenvalue weighted by Gasteiger charge is -2.32. The summed E-state index contributed by atoms with van der Waals surface area (Å²) in [5.41, 5.74) is -0.505. The van der Waals surface area contributed by atoms with Crippen molar-refractivity contribution in [2.45, 2.75) is 44.2 Å². The van der Waals surface area contributed by atoms with Crippen molar-refractivity contribution in [3.8, 4) is 5.75 Å². The lowest BCUT2D eigenvalue weighted by molar-refractivity contribution is 0.0699. The molecule has 0 spiro atoms. The van der Waals surface area contributed by atoms with Gasteiger partial charge in [0.05, 0.1) is 20.3 Å². The molecule has 5 rings (SSSR count). The van der Waals surface area contributed by atoms with Crippen molar-refractivity contribution < 1.29 is 18.7 Å². The maximum atomic E-state index is 13.4. The zero-order chi connectivity index (χ0) is 23.8. The fourth-order valence-corrected chi connectivity index (χ4v) is 4.68. The van der Waals surface area contributed by atoms with Crippen molar-refractivity contribution in [1.29, 1.82) is 0 Å². The van der Waals surface area contributed by atoms with Crippen LogP contribution < -0.4 is 16.1 Å². The molecule has 1 atom stereocenters. The van der Waals surface area contributed by atoms with E-state index in [2.05, 4.69) is 5.10 Å². The topological polar surface area (TPSA) is 109 Å². The molecule has 10 heteroatoms. The van der Waals surface area contributed by atoms with E-state index < -0.39 is 5.63 Å². The van der Waals surface area contributed by atoms with E-state index in [4.69, 9.17) is 13.9 Å². The molecule has 1 unspecified atom stereocenters. The summed E-state index contributed by atoms with van der Waals surface area (Å²) in [6.45, 7) is 1.71. The normalized spacial score (nSPS) is 18.4. The number of hydrogen-bond donors (Lipinski definition) is 0. The van der Waals surface area contributed by atoms with Crippen LogP contribution in [0.5, 0.6) is 5.75 Å². The van der Waals surface area contributed by atoms with Gasteiger partial charge in [0, 0.05) is 37.5 Å². The smallest absolute Gasteiger partial charge is 0.349 e. The number of piperidine rings is 1. The number of carbonyl (C=O) groups excluding carboxylic acids is 1. The summed E-state index contributed by atoms with van der Waals surface area (Å²) in [4.78, 5) is 40.7. The van der Waals surface area contributed by atoms with Gasteiger partial charge >= 0.3 is 11.3 Å². The molecule has 1 aliphatic carbocycles. The molecule has 180 valence electrons. The van der Waals surface area contributed by atoms with Crippen LogP contribution in [0, 0.1) is 0 Å². The average molecular weight is 469 g/mol. The molecule has 3 aromatic rings. The number of nitrogens with zero attached hydrogens (tertiary/aromatic N) is 4. The van der Waals surface area contributed by atoms with Gasteiger partial charge in [0.15, 0.2) is 11.3 Å². The predicted octanol–water partition coefficient (Wildman–Crippen LogP) is 2.16. The van der Waals surface area contributed by atoms with Crippen LogP contribution in [-0.2, 0) is 11.3 Å². The van der Waals surface area contributed by atoms with E-state index in [1.165, 1.54) is 11.8 Å². The minimum Gasteiger partial charge on any atom is -0.493 e. The van der Waals surface area contributed by atoms with Gasteiger partial charge in [-0.2, -0.15) is 5.10 Å². The van der Waals surface area contributed by atoms with Crippen LogP contribution in [-0.4, -0.2) is 59.1 Å². The zero-order valence-corrected chi connectivity index (χ0v) is 19.4. The molecule has 2 aliphatic rings. The number of rotatable bonds is 7. The standard InChI is InChI=1S/C24H28N4O6/c1-32-12-11-27-24(31)28(17-8-9-17)21(25-27)16-6-4-10-26(14-16)22(29)18-13-15-5-3-7-19(33-2)20(15)34-23(18)30/h3,5,7,13,16-17H,4,6,8-12,14H2,1-2H3. The Labute approximate surface area is 195 Å². The third-order valence-corrected chi connectivity index (χ3v) is 6.56. The van der Waals surface area contributed by atoms with Gasteiger partial charge in [-0.1, -0.05) is 12.1 Å². The first kappa shape index (κ1) is 22.4. The summed E-state index contributed by atoms with van der Waals surface area (Å²) >= 11 is 0. The second kappa shape index (κ2) is 9.09. The summed E-state index contributed by atoms with van der Waals surface area (Å²) in [6, 6.07) is 7.00. The van der Waals surface area contributed by atoms with Gasteiger partial charge in [-0.05, 0) is 37.8 Å². The summed E-state index contributed by atoms with van der Waals surface area (Å²) in [5, 5.41) is 5.25. The zero-order valence-electron chi connectivity index (χ0n) is 19.4. The molecule has 2 fully saturated rings. The van der Waals surface area contributed by atoms with E-state index in [-0.39, 0.29) is 29.1 Å². The Kier molecular flexibility index (Phi) is 5.99. The quantitative estimate of drug-likeness (QED) is 0.489. The Balaban J connectivity index is 1.43. The third kappa shape index (κ3) is 4.02. The maximum Gasteiger partial charge on any atom is 0.349 e. The second-order valence-electron chi connectivity index (χ2n) is 8.87. The van der Waals surface area contributed by atoms with Crippen molar-refractivity contribution in [2.75, 3.05) is 33.9 Å². The lowest BCUT2D eigenvalue weighted by atomic mass is 9.96. The van der Waals surface area contributed by atoms with Crippen molar-refractivity contribution >= 4 is 16.9 Å². The minimum atomic E-state index is -0.692. The Morgan fingerprint density at radius 2 is 2.03 bits per heavy atom. The van der Waals surface area contributed by atoms with E-state index in [1.54, 1.807) is 40.8 Å². The first-order valence-electron chi connectivity index (χ1n) is 11.6. The van der Waals surface area contributed by atoms with Gasteiger partial charge in [0.2, 0.25) is 0 Å². The molecule has 0 radical (unpaired) electrons. The summed E-state index contributed by atoms with van der Waals surface area (Å²) in [6.07, 6.45) is 3.49. The fraction of sp³-hybridized carbons (Fsp3) is 0.500. The van der Waals surface area contributed by atoms with Crippen LogP contribution >= 0.6 is 0 Å². The molecule has 1 amide bonds. The SMILES string of the molecule is COCCn1nc(C2CCCN(C(=O)c3cc4cccc(OC)c4oc3=O)C2)n(C2CC2)c1=O. The van der Waals surface area contributed by atoms with E-state index in [9.17, 15) is 14.4 Å². The van der Waals surface area contributed by atoms with Crippen molar-refractivity contribution in [2.24, 2.45) is 0 Å². The third-order valence-electron chi connectivity index (χ3n) is 6.56. The van der Waals surface area contributed by atoms with Crippen LogP contribution in [0.4, 0.5) is 0 Å². The van der Waals surface area contributed by atoms with Crippen molar-refractivity contribution in [1.82, 2.24) is 19.2 Å². The number of carbonyl (C=O) groups is 1. The number of amides is 1. The highest BCUT2D eigenvalue weighted by molar-refractivity contribution is 5.97. The average Bonchev–Trinajstić information content (AvgIpc) is 3.64. The lowest BCUT2D eigenvalue weighted by Crippen LogP contribution is -2.41. The number of ether oxygens (including phenoxy) is 2. The van der Waals surface area contributed by atoms with Gasteiger partial charge < -0.3 is 18.8 Å². The molecular formula is C24H28N4O6. The van der Waals surface area contributed by atoms with Crippen LogP contribution in [0.15, 0.2) is 38.3 Å². The number of fused-ring (bicyclic) bond motifs is 1. The summed E-state index contributed by atoms with van der Waals surface area (Å²) in [5.74, 6) is 0.704. The monoisotopic (exact) mass is 468 g/mol. The fourth-order valence-electron chi connectivity index (χ4n) is 4.68. The number of aromatic nitrogens is 3. The van der Waals surface area contributed by atoms with Crippen LogP contribution in [0.25, 0.3) is 11.0 Å². The number of para-hydroxylation sites is 1. The van der Waals surface area contributed by atoms with Gasteiger partial charge in [-0.15, -0.1) is 0 Å². The van der Waals surface area contributed by atoms with Crippen LogP contribution in [0.2, 0.25) is 0 Å². The van der Waals surface area contributed by atoms with Crippen LogP contribution in [0.3, 0.4) is 0 Å². The first-order valence-corrected chi connectivity index (χ1v) is 11.6. The van der Waals surface area contributed by atoms with E-state index in [0.29, 0.717) is 43.0 Å². The van der Waals surface area contributed by atoms with E-state index in [1.807, 2.05) is 0 Å². The second-order valence-corrected chi connectivity index (χ2v) is 8.87. The Morgan fingerprint density at radius 1 is 1.21 bits per heavy atom. The highest BCUT2D eigenvalue weighted by atomic mass is 16.5. The first-order chi connectivity index (χ1) is 16.5. The number of hydrogen-bond acceptors (Lipinski definition) is 7. The van der Waals surface area contributed by atoms with Gasteiger partial charge in [-0.25, -0.2) is 14.3 Å². The molecule has 34 heavy (non-hydrogen) atoms.